The normalized spacial score (nSPS) is 12.6. The van der Waals surface area contributed by atoms with E-state index in [1.54, 1.807) is 31.0 Å². The molecule has 0 unspecified atom stereocenters. The molecular formula is C29H26F6N6O5. The van der Waals surface area contributed by atoms with E-state index in [4.69, 9.17) is 19.8 Å². The Morgan fingerprint density at radius 3 is 1.87 bits per heavy atom. The van der Waals surface area contributed by atoms with Crippen molar-refractivity contribution in [1.29, 1.82) is 0 Å². The van der Waals surface area contributed by atoms with Gasteiger partial charge < -0.3 is 20.1 Å². The number of hydrogen-bond acceptors (Lipinski definition) is 7. The van der Waals surface area contributed by atoms with Gasteiger partial charge in [-0.25, -0.2) is 19.6 Å². The van der Waals surface area contributed by atoms with Crippen LogP contribution >= 0.6 is 0 Å². The number of hydrogen-bond donors (Lipinski definition) is 3. The number of alkyl halides is 6. The Labute approximate surface area is 257 Å². The maximum atomic E-state index is 13.0. The fraction of sp³-hybridized carbons (Fsp3) is 0.276. The van der Waals surface area contributed by atoms with Crippen molar-refractivity contribution in [3.63, 3.8) is 0 Å². The summed E-state index contributed by atoms with van der Waals surface area (Å²) in [5.41, 5.74) is 4.48. The number of carboxylic acids is 2. The molecule has 1 aliphatic carbocycles. The molecule has 1 saturated carbocycles. The van der Waals surface area contributed by atoms with E-state index in [1.165, 1.54) is 12.8 Å². The monoisotopic (exact) mass is 652 g/mol. The smallest absolute Gasteiger partial charge is 0.475 e. The summed E-state index contributed by atoms with van der Waals surface area (Å²) in [6, 6.07) is 9.66. The summed E-state index contributed by atoms with van der Waals surface area (Å²) < 4.78 is 65.5. The van der Waals surface area contributed by atoms with E-state index in [1.807, 2.05) is 42.7 Å². The van der Waals surface area contributed by atoms with Gasteiger partial charge in [0.15, 0.2) is 5.82 Å². The number of pyridine rings is 2. The third-order valence-corrected chi connectivity index (χ3v) is 6.09. The van der Waals surface area contributed by atoms with Crippen molar-refractivity contribution in [2.24, 2.45) is 5.92 Å². The van der Waals surface area contributed by atoms with Crippen molar-refractivity contribution in [2.45, 2.75) is 38.2 Å². The standard InChI is InChI=1S/C25H24N6O.2C2HF3O2/c32-25(28-10-7-18-3-1-8-26-12-18)23-11-21(17-31(23)16-19-5-6-19)22-14-29-24(30-15-22)20-4-2-9-27-13-20;2*3-2(4,5)1(6)7/h1-4,8-9,11-15,17,19H,5-7,10,16H2,(H,28,32);2*(H,6,7). The van der Waals surface area contributed by atoms with Crippen LogP contribution in [0.3, 0.4) is 0 Å². The molecule has 11 nitrogen and oxygen atoms in total. The molecule has 0 aliphatic heterocycles. The summed E-state index contributed by atoms with van der Waals surface area (Å²) >= 11 is 0. The van der Waals surface area contributed by atoms with E-state index < -0.39 is 24.3 Å². The van der Waals surface area contributed by atoms with Gasteiger partial charge >= 0.3 is 24.3 Å². The lowest BCUT2D eigenvalue weighted by molar-refractivity contribution is -0.193. The molecule has 1 aliphatic rings. The number of amides is 1. The first-order valence-electron chi connectivity index (χ1n) is 13.4. The number of aliphatic carboxylic acids is 2. The Bertz CT molecular complexity index is 1570. The fourth-order valence-corrected chi connectivity index (χ4v) is 3.67. The van der Waals surface area contributed by atoms with Crippen LogP contribution in [-0.2, 0) is 22.6 Å². The second kappa shape index (κ2) is 15.6. The highest BCUT2D eigenvalue weighted by molar-refractivity contribution is 5.94. The molecule has 1 amide bonds. The highest BCUT2D eigenvalue weighted by Crippen LogP contribution is 2.32. The zero-order valence-electron chi connectivity index (χ0n) is 23.7. The van der Waals surface area contributed by atoms with Gasteiger partial charge in [0.2, 0.25) is 0 Å². The van der Waals surface area contributed by atoms with Crippen LogP contribution in [0.5, 0.6) is 0 Å². The number of carbonyl (C=O) groups excluding carboxylic acids is 1. The van der Waals surface area contributed by atoms with Gasteiger partial charge in [0.1, 0.15) is 5.69 Å². The zero-order chi connectivity index (χ0) is 33.9. The van der Waals surface area contributed by atoms with Crippen LogP contribution in [-0.4, -0.2) is 71.5 Å². The zero-order valence-corrected chi connectivity index (χ0v) is 23.7. The first kappa shape index (κ1) is 35.1. The third-order valence-electron chi connectivity index (χ3n) is 6.09. The molecule has 0 aromatic carbocycles. The van der Waals surface area contributed by atoms with Gasteiger partial charge in [0.05, 0.1) is 0 Å². The number of aromatic nitrogens is 5. The number of nitrogens with zero attached hydrogens (tertiary/aromatic N) is 5. The molecule has 0 saturated heterocycles. The summed E-state index contributed by atoms with van der Waals surface area (Å²) in [6.45, 7) is 1.43. The van der Waals surface area contributed by atoms with Crippen LogP contribution in [0.4, 0.5) is 26.3 Å². The molecule has 4 aromatic heterocycles. The largest absolute Gasteiger partial charge is 0.490 e. The molecule has 5 rings (SSSR count). The van der Waals surface area contributed by atoms with E-state index in [2.05, 4.69) is 29.8 Å². The van der Waals surface area contributed by atoms with Crippen molar-refractivity contribution in [2.75, 3.05) is 6.54 Å². The van der Waals surface area contributed by atoms with Crippen molar-refractivity contribution >= 4 is 17.8 Å². The summed E-state index contributed by atoms with van der Waals surface area (Å²) in [6.07, 6.45) is 5.72. The van der Waals surface area contributed by atoms with Gasteiger partial charge in [0.25, 0.3) is 5.91 Å². The molecule has 0 atom stereocenters. The third kappa shape index (κ3) is 11.3. The molecule has 0 bridgehead atoms. The van der Waals surface area contributed by atoms with Crippen LogP contribution in [0.1, 0.15) is 28.9 Å². The Hall–Kier alpha value is -5.35. The minimum absolute atomic E-state index is 0.0614. The second-order valence-electron chi connectivity index (χ2n) is 9.72. The summed E-state index contributed by atoms with van der Waals surface area (Å²) in [5, 5.41) is 17.3. The van der Waals surface area contributed by atoms with Crippen LogP contribution in [0, 0.1) is 5.92 Å². The molecule has 3 N–H and O–H groups in total. The van der Waals surface area contributed by atoms with Crippen molar-refractivity contribution < 1.29 is 50.9 Å². The summed E-state index contributed by atoms with van der Waals surface area (Å²) in [7, 11) is 0. The first-order chi connectivity index (χ1) is 21.6. The van der Waals surface area contributed by atoms with Crippen LogP contribution in [0.15, 0.2) is 73.7 Å². The van der Waals surface area contributed by atoms with Crippen LogP contribution in [0.2, 0.25) is 0 Å². The van der Waals surface area contributed by atoms with Gasteiger partial charge in [-0.3, -0.25) is 14.8 Å². The average molecular weight is 653 g/mol. The summed E-state index contributed by atoms with van der Waals surface area (Å²) in [4.78, 5) is 48.0. The lowest BCUT2D eigenvalue weighted by Crippen LogP contribution is -2.28. The Morgan fingerprint density at radius 2 is 1.39 bits per heavy atom. The van der Waals surface area contributed by atoms with Crippen LogP contribution < -0.4 is 5.32 Å². The summed E-state index contributed by atoms with van der Waals surface area (Å²) in [5.74, 6) is -4.29. The number of carbonyl (C=O) groups is 3. The van der Waals surface area contributed by atoms with E-state index in [9.17, 15) is 31.1 Å². The number of halogens is 6. The number of rotatable bonds is 8. The highest BCUT2D eigenvalue weighted by atomic mass is 19.4. The Balaban J connectivity index is 0.000000345. The Kier molecular flexibility index (Phi) is 11.9. The second-order valence-corrected chi connectivity index (χ2v) is 9.72. The molecule has 4 heterocycles. The maximum Gasteiger partial charge on any atom is 0.490 e. The minimum atomic E-state index is -5.08. The topological polar surface area (TPSA) is 160 Å². The Morgan fingerprint density at radius 1 is 0.826 bits per heavy atom. The van der Waals surface area contributed by atoms with Crippen molar-refractivity contribution in [3.8, 4) is 22.5 Å². The van der Waals surface area contributed by atoms with E-state index in [0.29, 0.717) is 24.0 Å². The predicted molar refractivity (Wildman–Crippen MR) is 149 cm³/mol. The predicted octanol–water partition coefficient (Wildman–Crippen LogP) is 5.05. The lowest BCUT2D eigenvalue weighted by atomic mass is 10.1. The maximum absolute atomic E-state index is 13.0. The SMILES string of the molecule is O=C(NCCc1cccnc1)c1cc(-c2cnc(-c3cccnc3)nc2)cn1CC1CC1.O=C(O)C(F)(F)F.O=C(O)C(F)(F)F. The van der Waals surface area contributed by atoms with Crippen LogP contribution in [0.25, 0.3) is 22.5 Å². The van der Waals surface area contributed by atoms with Gasteiger partial charge in [-0.2, -0.15) is 26.3 Å². The van der Waals surface area contributed by atoms with Gasteiger partial charge in [-0.15, -0.1) is 0 Å². The van der Waals surface area contributed by atoms with Gasteiger partial charge in [-0.1, -0.05) is 6.07 Å². The van der Waals surface area contributed by atoms with E-state index in [0.717, 1.165) is 35.2 Å². The molecule has 46 heavy (non-hydrogen) atoms. The van der Waals surface area contributed by atoms with E-state index >= 15 is 0 Å². The molecule has 17 heteroatoms. The minimum Gasteiger partial charge on any atom is -0.475 e. The first-order valence-corrected chi connectivity index (χ1v) is 13.4. The molecular weight excluding hydrogens is 626 g/mol. The van der Waals surface area contributed by atoms with E-state index in [-0.39, 0.29) is 5.91 Å². The van der Waals surface area contributed by atoms with Gasteiger partial charge in [0, 0.05) is 73.2 Å². The van der Waals surface area contributed by atoms with Gasteiger partial charge in [-0.05, 0) is 55.0 Å². The molecule has 244 valence electrons. The van der Waals surface area contributed by atoms with Crippen molar-refractivity contribution in [3.05, 3.63) is 85.0 Å². The number of carboxylic acid groups (broad SMARTS) is 2. The average Bonchev–Trinajstić information content (AvgIpc) is 3.73. The number of nitrogens with one attached hydrogen (secondary N) is 1. The molecule has 4 aromatic rings. The fourth-order valence-electron chi connectivity index (χ4n) is 3.67. The highest BCUT2D eigenvalue weighted by Gasteiger charge is 2.38. The van der Waals surface area contributed by atoms with Crippen molar-refractivity contribution in [1.82, 2.24) is 29.8 Å². The molecule has 0 radical (unpaired) electrons. The molecule has 1 fully saturated rings. The lowest BCUT2D eigenvalue weighted by Gasteiger charge is -2.09. The quantitative estimate of drug-likeness (QED) is 0.221. The molecule has 0 spiro atoms.